The summed E-state index contributed by atoms with van der Waals surface area (Å²) >= 11 is 0. The lowest BCUT2D eigenvalue weighted by atomic mass is 9.38. The number of aliphatic hydroxyl groups is 3. The number of fused-ring (bicyclic) bond motifs is 5. The Balaban J connectivity index is 1.75. The molecule has 222 valence electrons. The molecule has 0 aromatic carbocycles. The van der Waals surface area contributed by atoms with E-state index in [0.717, 1.165) is 5.57 Å². The van der Waals surface area contributed by atoms with Gasteiger partial charge in [0.15, 0.2) is 11.6 Å². The Morgan fingerprint density at radius 1 is 1.05 bits per heavy atom. The Labute approximate surface area is 237 Å². The molecule has 0 bridgehead atoms. The van der Waals surface area contributed by atoms with Crippen LogP contribution in [0.3, 0.4) is 0 Å². The maximum absolute atomic E-state index is 14.3. The fourth-order valence-corrected chi connectivity index (χ4v) is 9.35. The van der Waals surface area contributed by atoms with E-state index < -0.39 is 62.7 Å². The summed E-state index contributed by atoms with van der Waals surface area (Å²) in [4.78, 5) is 52.1. The molecule has 9 atom stereocenters. The molecule has 4 aliphatic rings. The molecule has 7 unspecified atom stereocenters. The third-order valence-corrected chi connectivity index (χ3v) is 11.6. The van der Waals surface area contributed by atoms with Crippen molar-refractivity contribution < 1.29 is 39.2 Å². The first-order valence-corrected chi connectivity index (χ1v) is 14.4. The van der Waals surface area contributed by atoms with Crippen LogP contribution in [0.15, 0.2) is 23.8 Å². The molecule has 0 saturated heterocycles. The molecule has 0 aliphatic heterocycles. The Bertz CT molecular complexity index is 1210. The largest absolute Gasteiger partial charge is 0.456 e. The van der Waals surface area contributed by atoms with Gasteiger partial charge in [-0.25, -0.2) is 0 Å². The number of aliphatic hydroxyl groups excluding tert-OH is 2. The summed E-state index contributed by atoms with van der Waals surface area (Å²) in [6.45, 7) is 15.5. The van der Waals surface area contributed by atoms with E-state index in [1.807, 2.05) is 27.7 Å². The molecule has 8 nitrogen and oxygen atoms in total. The number of allylic oxidation sites excluding steroid dienone is 1. The molecule has 0 aromatic heterocycles. The second kappa shape index (κ2) is 9.17. The summed E-state index contributed by atoms with van der Waals surface area (Å²) in [7, 11) is 0. The normalized spacial score (nSPS) is 42.4. The molecular weight excluding hydrogens is 512 g/mol. The predicted molar refractivity (Wildman–Crippen MR) is 148 cm³/mol. The van der Waals surface area contributed by atoms with Crippen molar-refractivity contribution in [1.82, 2.24) is 0 Å². The van der Waals surface area contributed by atoms with Crippen molar-refractivity contribution in [2.45, 2.75) is 111 Å². The molecule has 4 aliphatic carbocycles. The Kier molecular flexibility index (Phi) is 7.06. The van der Waals surface area contributed by atoms with E-state index >= 15 is 0 Å². The number of Topliss-reactive ketones (excluding diaryl/α,β-unsaturated/α-hetero) is 2. The quantitative estimate of drug-likeness (QED) is 0.265. The van der Waals surface area contributed by atoms with Gasteiger partial charge in [0, 0.05) is 36.5 Å². The number of hydrogen-bond donors (Lipinski definition) is 3. The van der Waals surface area contributed by atoms with Crippen LogP contribution in [0, 0.1) is 39.4 Å². The van der Waals surface area contributed by atoms with Crippen molar-refractivity contribution in [3.8, 4) is 0 Å². The Hall–Kier alpha value is -2.16. The molecule has 3 N–H and O–H groups in total. The van der Waals surface area contributed by atoms with E-state index in [1.165, 1.54) is 26.0 Å². The SMILES string of the molecule is CC(=O)OC(C)(C)/C=C/C(=O)C(C)(O)C1[C@H](O)CC2(C)C3CC=C4C(CC(=O)[C@@H](O)C4(C)C)C3(C)C(=O)CC12C. The molecule has 3 saturated carbocycles. The van der Waals surface area contributed by atoms with Crippen molar-refractivity contribution in [3.63, 3.8) is 0 Å². The Morgan fingerprint density at radius 2 is 1.65 bits per heavy atom. The summed E-state index contributed by atoms with van der Waals surface area (Å²) in [6, 6.07) is 0. The van der Waals surface area contributed by atoms with Gasteiger partial charge in [0.2, 0.25) is 0 Å². The highest BCUT2D eigenvalue weighted by atomic mass is 16.6. The first kappa shape index (κ1) is 30.8. The number of carbonyl (C=O) groups excluding carboxylic acids is 4. The highest BCUT2D eigenvalue weighted by Gasteiger charge is 2.74. The predicted octanol–water partition coefficient (Wildman–Crippen LogP) is 3.50. The zero-order valence-corrected chi connectivity index (χ0v) is 25.3. The molecular formula is C32H46O8. The van der Waals surface area contributed by atoms with Crippen LogP contribution in [0.5, 0.6) is 0 Å². The summed E-state index contributed by atoms with van der Waals surface area (Å²) < 4.78 is 5.23. The summed E-state index contributed by atoms with van der Waals surface area (Å²) in [6.07, 6.45) is 3.50. The average molecular weight is 559 g/mol. The van der Waals surface area contributed by atoms with Gasteiger partial charge in [-0.05, 0) is 68.4 Å². The van der Waals surface area contributed by atoms with Crippen LogP contribution >= 0.6 is 0 Å². The van der Waals surface area contributed by atoms with Gasteiger partial charge in [-0.1, -0.05) is 46.3 Å². The van der Waals surface area contributed by atoms with Crippen molar-refractivity contribution in [1.29, 1.82) is 0 Å². The van der Waals surface area contributed by atoms with Crippen LogP contribution in [-0.4, -0.2) is 62.0 Å². The minimum atomic E-state index is -1.99. The lowest BCUT2D eigenvalue weighted by Gasteiger charge is -2.64. The zero-order valence-electron chi connectivity index (χ0n) is 25.3. The number of hydrogen-bond acceptors (Lipinski definition) is 8. The van der Waals surface area contributed by atoms with E-state index in [2.05, 4.69) is 13.0 Å². The fourth-order valence-electron chi connectivity index (χ4n) is 9.35. The topological polar surface area (TPSA) is 138 Å². The van der Waals surface area contributed by atoms with E-state index in [-0.39, 0.29) is 36.2 Å². The van der Waals surface area contributed by atoms with Crippen molar-refractivity contribution >= 4 is 23.3 Å². The van der Waals surface area contributed by atoms with E-state index in [0.29, 0.717) is 12.8 Å². The van der Waals surface area contributed by atoms with Crippen LogP contribution in [0.25, 0.3) is 0 Å². The van der Waals surface area contributed by atoms with Crippen molar-refractivity contribution in [3.05, 3.63) is 23.8 Å². The highest BCUT2D eigenvalue weighted by Crippen LogP contribution is 2.74. The lowest BCUT2D eigenvalue weighted by Crippen LogP contribution is -2.65. The third-order valence-electron chi connectivity index (χ3n) is 11.6. The van der Waals surface area contributed by atoms with Gasteiger partial charge >= 0.3 is 5.97 Å². The van der Waals surface area contributed by atoms with Gasteiger partial charge in [0.1, 0.15) is 23.1 Å². The highest BCUT2D eigenvalue weighted by molar-refractivity contribution is 5.97. The second-order valence-electron chi connectivity index (χ2n) is 14.8. The average Bonchev–Trinajstić information content (AvgIpc) is 3.01. The molecule has 0 radical (unpaired) electrons. The zero-order chi connectivity index (χ0) is 30.4. The van der Waals surface area contributed by atoms with Gasteiger partial charge in [0.05, 0.1) is 6.10 Å². The monoisotopic (exact) mass is 558 g/mol. The first-order valence-electron chi connectivity index (χ1n) is 14.4. The molecule has 3 fully saturated rings. The fraction of sp³-hybridized carbons (Fsp3) is 0.750. The number of carbonyl (C=O) groups is 4. The van der Waals surface area contributed by atoms with Crippen LogP contribution in [0.2, 0.25) is 0 Å². The standard InChI is InChI=1S/C32H46O8/c1-17(33)40-27(2,3)13-12-23(36)32(9,39)25-21(35)15-29(6)22-11-10-18-19(14-20(34)26(38)28(18,4)5)31(22,8)24(37)16-30(25,29)7/h10,12-13,19,21-22,25-26,35,38-39H,11,14-16H2,1-9H3/b13-12+/t19?,21-,22?,25?,26-,29?,30?,31?,32?/m1/s1. The van der Waals surface area contributed by atoms with Crippen LogP contribution < -0.4 is 0 Å². The molecule has 8 heteroatoms. The van der Waals surface area contributed by atoms with E-state index in [4.69, 9.17) is 4.74 Å². The van der Waals surface area contributed by atoms with Gasteiger partial charge in [-0.3, -0.25) is 19.2 Å². The lowest BCUT2D eigenvalue weighted by molar-refractivity contribution is -0.183. The third kappa shape index (κ3) is 4.11. The Morgan fingerprint density at radius 3 is 2.23 bits per heavy atom. The number of ether oxygens (including phenoxy) is 1. The maximum Gasteiger partial charge on any atom is 0.303 e. The van der Waals surface area contributed by atoms with Gasteiger partial charge in [0.25, 0.3) is 0 Å². The van der Waals surface area contributed by atoms with Crippen molar-refractivity contribution in [2.75, 3.05) is 0 Å². The minimum absolute atomic E-state index is 0.0399. The molecule has 0 aromatic rings. The maximum atomic E-state index is 14.3. The van der Waals surface area contributed by atoms with Crippen LogP contribution in [-0.2, 0) is 23.9 Å². The van der Waals surface area contributed by atoms with Crippen LogP contribution in [0.4, 0.5) is 0 Å². The van der Waals surface area contributed by atoms with Gasteiger partial charge in [-0.15, -0.1) is 0 Å². The van der Waals surface area contributed by atoms with Gasteiger partial charge < -0.3 is 20.1 Å². The van der Waals surface area contributed by atoms with Crippen molar-refractivity contribution in [2.24, 2.45) is 39.4 Å². The second-order valence-corrected chi connectivity index (χ2v) is 14.8. The molecule has 0 amide bonds. The number of ketones is 3. The first-order chi connectivity index (χ1) is 18.1. The molecule has 4 rings (SSSR count). The number of rotatable bonds is 5. The van der Waals surface area contributed by atoms with Gasteiger partial charge in [-0.2, -0.15) is 0 Å². The molecule has 0 spiro atoms. The van der Waals surface area contributed by atoms with E-state index in [9.17, 15) is 34.5 Å². The summed E-state index contributed by atoms with van der Waals surface area (Å²) in [5, 5.41) is 33.9. The molecule has 40 heavy (non-hydrogen) atoms. The summed E-state index contributed by atoms with van der Waals surface area (Å²) in [5.74, 6) is -2.96. The van der Waals surface area contributed by atoms with E-state index in [1.54, 1.807) is 13.8 Å². The molecule has 0 heterocycles. The number of esters is 1. The summed E-state index contributed by atoms with van der Waals surface area (Å²) in [5.41, 5.74) is -5.33. The smallest absolute Gasteiger partial charge is 0.303 e. The minimum Gasteiger partial charge on any atom is -0.456 e. The van der Waals surface area contributed by atoms with Crippen LogP contribution in [0.1, 0.15) is 88.0 Å².